The lowest BCUT2D eigenvalue weighted by Crippen LogP contribution is -2.29. The zero-order valence-electron chi connectivity index (χ0n) is 8.88. The molecule has 0 spiro atoms. The molecule has 0 saturated heterocycles. The average molecular weight is 300 g/mol. The lowest BCUT2D eigenvalue weighted by molar-refractivity contribution is 0.232. The zero-order chi connectivity index (χ0) is 14.0. The van der Waals surface area contributed by atoms with Gasteiger partial charge in [0.2, 0.25) is 10.0 Å². The molecule has 1 rings (SSSR count). The predicted octanol–water partition coefficient (Wildman–Crippen LogP) is -0.0240. The highest BCUT2D eigenvalue weighted by molar-refractivity contribution is 7.89. The third-order valence-electron chi connectivity index (χ3n) is 1.94. The highest BCUT2D eigenvalue weighted by atomic mass is 32.2. The van der Waals surface area contributed by atoms with E-state index in [1.54, 1.807) is 4.72 Å². The molecule has 6 nitrogen and oxygen atoms in total. The highest BCUT2D eigenvalue weighted by Gasteiger charge is 2.23. The lowest BCUT2D eigenvalue weighted by Gasteiger charge is -2.06. The summed E-state index contributed by atoms with van der Waals surface area (Å²) in [7, 11) is -8.63. The van der Waals surface area contributed by atoms with Crippen LogP contribution in [-0.2, 0) is 26.6 Å². The maximum atomic E-state index is 12.0. The number of primary sulfonamides is 1. The van der Waals surface area contributed by atoms with E-state index >= 15 is 0 Å². The molecule has 102 valence electrons. The minimum absolute atomic E-state index is 0.200. The molecule has 0 radical (unpaired) electrons. The van der Waals surface area contributed by atoms with Gasteiger partial charge in [-0.25, -0.2) is 26.7 Å². The van der Waals surface area contributed by atoms with Crippen molar-refractivity contribution in [2.75, 3.05) is 0 Å². The molecular weight excluding hydrogens is 290 g/mol. The van der Waals surface area contributed by atoms with Gasteiger partial charge >= 0.3 is 5.76 Å². The summed E-state index contributed by atoms with van der Waals surface area (Å²) in [5.74, 6) is -3.54. The first-order chi connectivity index (χ1) is 8.13. The number of halogens is 2. The van der Waals surface area contributed by atoms with Crippen LogP contribution in [0.4, 0.5) is 8.78 Å². The van der Waals surface area contributed by atoms with Crippen molar-refractivity contribution in [1.29, 1.82) is 0 Å². The summed E-state index contributed by atoms with van der Waals surface area (Å²) in [5, 5.41) is 4.87. The number of hydrogen-bond acceptors (Lipinski definition) is 4. The minimum Gasteiger partial charge on any atom is -0.225 e. The molecule has 0 aromatic heterocycles. The standard InChI is InChI=1S/C8H10F2N2O4S2/c9-8(10)18(15,16)12-5-6-2-1-3-7(4-6)17(11,13)14/h1-4,8,12H,5H2,(H2,11,13,14). The molecule has 0 aliphatic rings. The van der Waals surface area contributed by atoms with Crippen LogP contribution in [-0.4, -0.2) is 22.6 Å². The van der Waals surface area contributed by atoms with E-state index in [0.29, 0.717) is 0 Å². The quantitative estimate of drug-likeness (QED) is 0.796. The molecule has 18 heavy (non-hydrogen) atoms. The summed E-state index contributed by atoms with van der Waals surface area (Å²) in [4.78, 5) is -0.226. The summed E-state index contributed by atoms with van der Waals surface area (Å²) < 4.78 is 69.3. The number of alkyl halides is 2. The van der Waals surface area contributed by atoms with Gasteiger partial charge in [-0.15, -0.1) is 0 Å². The largest absolute Gasteiger partial charge is 0.350 e. The van der Waals surface area contributed by atoms with Crippen molar-refractivity contribution in [3.8, 4) is 0 Å². The highest BCUT2D eigenvalue weighted by Crippen LogP contribution is 2.10. The van der Waals surface area contributed by atoms with E-state index in [9.17, 15) is 25.6 Å². The van der Waals surface area contributed by atoms with Crippen molar-refractivity contribution in [3.05, 3.63) is 29.8 Å². The van der Waals surface area contributed by atoms with Crippen LogP contribution in [0, 0.1) is 0 Å². The van der Waals surface area contributed by atoms with Crippen LogP contribution >= 0.6 is 0 Å². The SMILES string of the molecule is NS(=O)(=O)c1cccc(CNS(=O)(=O)C(F)F)c1. The molecule has 1 aromatic rings. The maximum Gasteiger partial charge on any atom is 0.350 e. The van der Waals surface area contributed by atoms with Gasteiger partial charge in [-0.3, -0.25) is 0 Å². The van der Waals surface area contributed by atoms with Crippen LogP contribution in [0.15, 0.2) is 29.2 Å². The van der Waals surface area contributed by atoms with Crippen molar-refractivity contribution >= 4 is 20.0 Å². The Morgan fingerprint density at radius 2 is 1.83 bits per heavy atom. The molecular formula is C8H10F2N2O4S2. The summed E-state index contributed by atoms with van der Waals surface area (Å²) in [6.45, 7) is -0.448. The first-order valence-electron chi connectivity index (χ1n) is 4.51. The molecule has 0 amide bonds. The Bertz CT molecular complexity index is 628. The van der Waals surface area contributed by atoms with Crippen LogP contribution < -0.4 is 9.86 Å². The van der Waals surface area contributed by atoms with Crippen LogP contribution in [0.5, 0.6) is 0 Å². The van der Waals surface area contributed by atoms with Crippen LogP contribution in [0.3, 0.4) is 0 Å². The Morgan fingerprint density at radius 1 is 1.22 bits per heavy atom. The topological polar surface area (TPSA) is 106 Å². The van der Waals surface area contributed by atoms with E-state index < -0.39 is 32.3 Å². The number of hydrogen-bond donors (Lipinski definition) is 2. The van der Waals surface area contributed by atoms with E-state index in [2.05, 4.69) is 0 Å². The van der Waals surface area contributed by atoms with E-state index in [0.717, 1.165) is 6.07 Å². The molecule has 0 aliphatic heterocycles. The fourth-order valence-electron chi connectivity index (χ4n) is 1.08. The normalized spacial score (nSPS) is 12.9. The molecule has 0 heterocycles. The number of benzene rings is 1. The zero-order valence-corrected chi connectivity index (χ0v) is 10.5. The third-order valence-corrected chi connectivity index (χ3v) is 3.87. The molecule has 0 fully saturated rings. The molecule has 3 N–H and O–H groups in total. The van der Waals surface area contributed by atoms with E-state index in [1.165, 1.54) is 18.2 Å². The lowest BCUT2D eigenvalue weighted by atomic mass is 10.2. The monoisotopic (exact) mass is 300 g/mol. The summed E-state index contributed by atoms with van der Waals surface area (Å²) in [6.07, 6.45) is 0. The Kier molecular flexibility index (Phi) is 4.37. The molecule has 0 bridgehead atoms. The van der Waals surface area contributed by atoms with Crippen LogP contribution in [0.1, 0.15) is 5.56 Å². The van der Waals surface area contributed by atoms with E-state index in [4.69, 9.17) is 5.14 Å². The van der Waals surface area contributed by atoms with E-state index in [1.807, 2.05) is 0 Å². The second-order valence-electron chi connectivity index (χ2n) is 3.32. The van der Waals surface area contributed by atoms with Gasteiger partial charge in [0, 0.05) is 6.54 Å². The smallest absolute Gasteiger partial charge is 0.225 e. The second-order valence-corrected chi connectivity index (χ2v) is 6.62. The Balaban J connectivity index is 2.88. The fourth-order valence-corrected chi connectivity index (χ4v) is 2.16. The fraction of sp³-hybridized carbons (Fsp3) is 0.250. The van der Waals surface area contributed by atoms with Crippen molar-refractivity contribution in [3.63, 3.8) is 0 Å². The van der Waals surface area contributed by atoms with Gasteiger partial charge in [0.25, 0.3) is 10.0 Å². The summed E-state index contributed by atoms with van der Waals surface area (Å²) in [6, 6.07) is 5.01. The number of sulfonamides is 2. The minimum atomic E-state index is -4.71. The molecule has 0 aliphatic carbocycles. The molecule has 0 atom stereocenters. The van der Waals surface area contributed by atoms with Crippen LogP contribution in [0.25, 0.3) is 0 Å². The average Bonchev–Trinajstić information content (AvgIpc) is 2.25. The van der Waals surface area contributed by atoms with Gasteiger partial charge in [-0.05, 0) is 17.7 Å². The first-order valence-corrected chi connectivity index (χ1v) is 7.60. The summed E-state index contributed by atoms with van der Waals surface area (Å²) in [5.41, 5.74) is 0.200. The number of rotatable bonds is 5. The Hall–Kier alpha value is -1.10. The third kappa shape index (κ3) is 3.98. The predicted molar refractivity (Wildman–Crippen MR) is 59.6 cm³/mol. The van der Waals surface area contributed by atoms with Crippen molar-refractivity contribution in [2.24, 2.45) is 5.14 Å². The molecule has 1 aromatic carbocycles. The van der Waals surface area contributed by atoms with Gasteiger partial charge in [0.05, 0.1) is 4.90 Å². The molecule has 10 heteroatoms. The van der Waals surface area contributed by atoms with Gasteiger partial charge in [-0.2, -0.15) is 8.78 Å². The van der Waals surface area contributed by atoms with E-state index in [-0.39, 0.29) is 10.5 Å². The maximum absolute atomic E-state index is 12.0. The van der Waals surface area contributed by atoms with Gasteiger partial charge in [-0.1, -0.05) is 12.1 Å². The van der Waals surface area contributed by atoms with Gasteiger partial charge < -0.3 is 0 Å². The van der Waals surface area contributed by atoms with Crippen molar-refractivity contribution in [2.45, 2.75) is 17.2 Å². The van der Waals surface area contributed by atoms with Gasteiger partial charge in [0.1, 0.15) is 0 Å². The van der Waals surface area contributed by atoms with Gasteiger partial charge in [0.15, 0.2) is 0 Å². The molecule has 0 saturated carbocycles. The van der Waals surface area contributed by atoms with Crippen LogP contribution in [0.2, 0.25) is 0 Å². The molecule has 0 unspecified atom stereocenters. The number of nitrogens with one attached hydrogen (secondary N) is 1. The first kappa shape index (κ1) is 15.0. The summed E-state index contributed by atoms with van der Waals surface area (Å²) >= 11 is 0. The van der Waals surface area contributed by atoms with Crippen molar-refractivity contribution < 1.29 is 25.6 Å². The van der Waals surface area contributed by atoms with Crippen molar-refractivity contribution in [1.82, 2.24) is 4.72 Å². The Morgan fingerprint density at radius 3 is 2.33 bits per heavy atom. The second kappa shape index (κ2) is 5.26. The number of nitrogens with two attached hydrogens (primary N) is 1. The Labute approximate surface area is 103 Å².